The fourth-order valence-corrected chi connectivity index (χ4v) is 2.46. The van der Waals surface area contributed by atoms with E-state index in [0.29, 0.717) is 12.5 Å². The molecule has 0 radical (unpaired) electrons. The maximum atomic E-state index is 5.88. The largest absolute Gasteiger partial charge is 0.330 e. The third-order valence-corrected chi connectivity index (χ3v) is 3.42. The van der Waals surface area contributed by atoms with Gasteiger partial charge >= 0.3 is 0 Å². The molecule has 0 aliphatic heterocycles. The van der Waals surface area contributed by atoms with E-state index in [1.165, 1.54) is 11.1 Å². The van der Waals surface area contributed by atoms with Gasteiger partial charge in [0.05, 0.1) is 0 Å². The van der Waals surface area contributed by atoms with Gasteiger partial charge in [-0.1, -0.05) is 58.4 Å². The Morgan fingerprint density at radius 2 is 1.76 bits per heavy atom. The van der Waals surface area contributed by atoms with Crippen molar-refractivity contribution in [2.45, 2.75) is 12.3 Å². The smallest absolute Gasteiger partial charge is 0.0177 e. The van der Waals surface area contributed by atoms with E-state index in [4.69, 9.17) is 5.73 Å². The first kappa shape index (κ1) is 12.3. The third-order valence-electron chi connectivity index (χ3n) is 2.93. The van der Waals surface area contributed by atoms with Crippen LogP contribution in [-0.2, 0) is 6.42 Å². The van der Waals surface area contributed by atoms with Crippen LogP contribution in [0.3, 0.4) is 0 Å². The first-order chi connectivity index (χ1) is 8.29. The van der Waals surface area contributed by atoms with Crippen molar-refractivity contribution < 1.29 is 0 Å². The van der Waals surface area contributed by atoms with Crippen LogP contribution >= 0.6 is 15.9 Å². The molecular formula is C15H16BrN. The Balaban J connectivity index is 2.16. The SMILES string of the molecule is NCC(Cc1cccc(Br)c1)c1ccccc1. The summed E-state index contributed by atoms with van der Waals surface area (Å²) in [5, 5.41) is 0. The summed E-state index contributed by atoms with van der Waals surface area (Å²) in [6.07, 6.45) is 0.986. The molecule has 2 aromatic carbocycles. The second-order valence-corrected chi connectivity index (χ2v) is 5.09. The Hall–Kier alpha value is -1.12. The van der Waals surface area contributed by atoms with Crippen LogP contribution in [0, 0.1) is 0 Å². The Kier molecular flexibility index (Phi) is 4.35. The van der Waals surface area contributed by atoms with Crippen molar-refractivity contribution in [3.8, 4) is 0 Å². The molecule has 0 saturated carbocycles. The molecule has 1 nitrogen and oxygen atoms in total. The molecule has 2 heteroatoms. The monoisotopic (exact) mass is 289 g/mol. The van der Waals surface area contributed by atoms with Crippen LogP contribution in [-0.4, -0.2) is 6.54 Å². The summed E-state index contributed by atoms with van der Waals surface area (Å²) in [6, 6.07) is 18.9. The van der Waals surface area contributed by atoms with Crippen LogP contribution in [0.1, 0.15) is 17.0 Å². The number of rotatable bonds is 4. The van der Waals surface area contributed by atoms with Gasteiger partial charge < -0.3 is 5.73 Å². The lowest BCUT2D eigenvalue weighted by atomic mass is 9.92. The molecule has 0 fully saturated rings. The maximum Gasteiger partial charge on any atom is 0.0177 e. The number of benzene rings is 2. The highest BCUT2D eigenvalue weighted by Gasteiger charge is 2.10. The minimum atomic E-state index is 0.394. The summed E-state index contributed by atoms with van der Waals surface area (Å²) in [7, 11) is 0. The Bertz CT molecular complexity index is 467. The van der Waals surface area contributed by atoms with Crippen molar-refractivity contribution in [1.82, 2.24) is 0 Å². The summed E-state index contributed by atoms with van der Waals surface area (Å²) in [6.45, 7) is 0.677. The molecule has 2 N–H and O–H groups in total. The van der Waals surface area contributed by atoms with Crippen molar-refractivity contribution in [2.24, 2.45) is 5.73 Å². The van der Waals surface area contributed by atoms with Crippen molar-refractivity contribution in [1.29, 1.82) is 0 Å². The molecule has 88 valence electrons. The summed E-state index contributed by atoms with van der Waals surface area (Å²) in [4.78, 5) is 0. The predicted molar refractivity (Wildman–Crippen MR) is 76.1 cm³/mol. The number of halogens is 1. The quantitative estimate of drug-likeness (QED) is 0.912. The highest BCUT2D eigenvalue weighted by Crippen LogP contribution is 2.21. The van der Waals surface area contributed by atoms with Gasteiger partial charge in [-0.05, 0) is 36.2 Å². The fourth-order valence-electron chi connectivity index (χ4n) is 2.01. The molecule has 0 spiro atoms. The van der Waals surface area contributed by atoms with E-state index >= 15 is 0 Å². The van der Waals surface area contributed by atoms with E-state index in [9.17, 15) is 0 Å². The van der Waals surface area contributed by atoms with E-state index in [1.54, 1.807) is 0 Å². The van der Waals surface area contributed by atoms with Gasteiger partial charge in [-0.2, -0.15) is 0 Å². The molecule has 0 saturated heterocycles. The third kappa shape index (κ3) is 3.42. The minimum absolute atomic E-state index is 0.394. The molecule has 0 aliphatic rings. The molecule has 0 aliphatic carbocycles. The molecule has 0 heterocycles. The normalized spacial score (nSPS) is 12.4. The highest BCUT2D eigenvalue weighted by atomic mass is 79.9. The van der Waals surface area contributed by atoms with Crippen molar-refractivity contribution in [3.63, 3.8) is 0 Å². The standard InChI is InChI=1S/C15H16BrN/c16-15-8-4-5-12(10-15)9-14(11-17)13-6-2-1-3-7-13/h1-8,10,14H,9,11,17H2. The molecule has 2 rings (SSSR count). The van der Waals surface area contributed by atoms with Crippen LogP contribution in [0.25, 0.3) is 0 Å². The van der Waals surface area contributed by atoms with Gasteiger partial charge in [0.15, 0.2) is 0 Å². The van der Waals surface area contributed by atoms with Gasteiger partial charge in [0.2, 0.25) is 0 Å². The van der Waals surface area contributed by atoms with Crippen molar-refractivity contribution in [2.75, 3.05) is 6.54 Å². The highest BCUT2D eigenvalue weighted by molar-refractivity contribution is 9.10. The van der Waals surface area contributed by atoms with Crippen LogP contribution in [0.4, 0.5) is 0 Å². The zero-order chi connectivity index (χ0) is 12.1. The van der Waals surface area contributed by atoms with E-state index in [0.717, 1.165) is 10.9 Å². The first-order valence-electron chi connectivity index (χ1n) is 5.79. The van der Waals surface area contributed by atoms with E-state index < -0.39 is 0 Å². The molecular weight excluding hydrogens is 274 g/mol. The van der Waals surface area contributed by atoms with E-state index in [2.05, 4.69) is 58.4 Å². The topological polar surface area (TPSA) is 26.0 Å². The molecule has 0 bridgehead atoms. The summed E-state index contributed by atoms with van der Waals surface area (Å²) < 4.78 is 1.12. The van der Waals surface area contributed by atoms with Gasteiger partial charge in [-0.25, -0.2) is 0 Å². The second kappa shape index (κ2) is 5.99. The van der Waals surface area contributed by atoms with Crippen molar-refractivity contribution >= 4 is 15.9 Å². The first-order valence-corrected chi connectivity index (χ1v) is 6.58. The van der Waals surface area contributed by atoms with Crippen LogP contribution in [0.2, 0.25) is 0 Å². The minimum Gasteiger partial charge on any atom is -0.330 e. The molecule has 17 heavy (non-hydrogen) atoms. The average Bonchev–Trinajstić information content (AvgIpc) is 2.37. The van der Waals surface area contributed by atoms with Gasteiger partial charge in [0.1, 0.15) is 0 Å². The fraction of sp³-hybridized carbons (Fsp3) is 0.200. The molecule has 1 atom stereocenters. The summed E-state index contributed by atoms with van der Waals surface area (Å²) in [5.41, 5.74) is 8.51. The lowest BCUT2D eigenvalue weighted by Crippen LogP contribution is -2.14. The zero-order valence-electron chi connectivity index (χ0n) is 9.64. The van der Waals surface area contributed by atoms with Crippen LogP contribution < -0.4 is 5.73 Å². The number of nitrogens with two attached hydrogens (primary N) is 1. The Labute approximate surface area is 111 Å². The lowest BCUT2D eigenvalue weighted by Gasteiger charge is -2.15. The zero-order valence-corrected chi connectivity index (χ0v) is 11.2. The molecule has 2 aromatic rings. The van der Waals surface area contributed by atoms with Gasteiger partial charge in [0, 0.05) is 10.4 Å². The van der Waals surface area contributed by atoms with Gasteiger partial charge in [-0.15, -0.1) is 0 Å². The summed E-state index contributed by atoms with van der Waals surface area (Å²) >= 11 is 3.50. The Morgan fingerprint density at radius 1 is 1.00 bits per heavy atom. The number of hydrogen-bond donors (Lipinski definition) is 1. The van der Waals surface area contributed by atoms with E-state index in [-0.39, 0.29) is 0 Å². The molecule has 0 amide bonds. The lowest BCUT2D eigenvalue weighted by molar-refractivity contribution is 0.694. The van der Waals surface area contributed by atoms with Gasteiger partial charge in [0.25, 0.3) is 0 Å². The maximum absolute atomic E-state index is 5.88. The predicted octanol–water partition coefficient (Wildman–Crippen LogP) is 3.73. The summed E-state index contributed by atoms with van der Waals surface area (Å²) in [5.74, 6) is 0.394. The molecule has 0 aromatic heterocycles. The van der Waals surface area contributed by atoms with Crippen molar-refractivity contribution in [3.05, 3.63) is 70.2 Å². The van der Waals surface area contributed by atoms with E-state index in [1.807, 2.05) is 12.1 Å². The van der Waals surface area contributed by atoms with Crippen LogP contribution in [0.5, 0.6) is 0 Å². The van der Waals surface area contributed by atoms with Gasteiger partial charge in [-0.3, -0.25) is 0 Å². The van der Waals surface area contributed by atoms with Crippen LogP contribution in [0.15, 0.2) is 59.1 Å². The molecule has 1 unspecified atom stereocenters. The number of hydrogen-bond acceptors (Lipinski definition) is 1. The Morgan fingerprint density at radius 3 is 2.41 bits per heavy atom. The average molecular weight is 290 g/mol. The second-order valence-electron chi connectivity index (χ2n) is 4.18.